The number of ether oxygens (including phenoxy) is 1. The molecule has 0 aromatic heterocycles. The van der Waals surface area contributed by atoms with E-state index in [-0.39, 0.29) is 6.04 Å². The molecule has 0 radical (unpaired) electrons. The first-order valence-corrected chi connectivity index (χ1v) is 7.57. The maximum Gasteiger partial charge on any atom is 0.123 e. The van der Waals surface area contributed by atoms with E-state index in [0.29, 0.717) is 0 Å². The fraction of sp³-hybridized carbons (Fsp3) is 0.316. The zero-order valence-electron chi connectivity index (χ0n) is 13.7. The second-order valence-corrected chi connectivity index (χ2v) is 5.57. The highest BCUT2D eigenvalue weighted by molar-refractivity contribution is 5.32. The average Bonchev–Trinajstić information content (AvgIpc) is 2.62. The number of nitrogens with zero attached hydrogens (tertiary/aromatic N) is 2. The van der Waals surface area contributed by atoms with Crippen LogP contribution in [0, 0.1) is 11.3 Å². The van der Waals surface area contributed by atoms with Gasteiger partial charge in [0.25, 0.3) is 0 Å². The van der Waals surface area contributed by atoms with E-state index in [1.807, 2.05) is 73.5 Å². The molecule has 4 heteroatoms. The summed E-state index contributed by atoms with van der Waals surface area (Å²) in [6, 6.07) is 18.6. The minimum atomic E-state index is -0.657. The predicted molar refractivity (Wildman–Crippen MR) is 90.0 cm³/mol. The van der Waals surface area contributed by atoms with Gasteiger partial charge >= 0.3 is 0 Å². The molecule has 1 N–H and O–H groups in total. The Morgan fingerprint density at radius 1 is 1.04 bits per heavy atom. The molecule has 4 nitrogen and oxygen atoms in total. The van der Waals surface area contributed by atoms with E-state index >= 15 is 0 Å². The summed E-state index contributed by atoms with van der Waals surface area (Å²) in [6.07, 6.45) is -0.657. The van der Waals surface area contributed by atoms with Crippen molar-refractivity contribution >= 4 is 0 Å². The summed E-state index contributed by atoms with van der Waals surface area (Å²) in [6.45, 7) is 1.92. The molecule has 0 saturated carbocycles. The number of aliphatic hydroxyl groups is 1. The van der Waals surface area contributed by atoms with E-state index in [1.54, 1.807) is 7.11 Å². The molecule has 0 amide bonds. The van der Waals surface area contributed by atoms with Crippen LogP contribution in [0.5, 0.6) is 5.75 Å². The zero-order valence-corrected chi connectivity index (χ0v) is 13.7. The van der Waals surface area contributed by atoms with Gasteiger partial charge in [0.2, 0.25) is 0 Å². The topological polar surface area (TPSA) is 56.5 Å². The van der Waals surface area contributed by atoms with Gasteiger partial charge in [0.05, 0.1) is 19.3 Å². The van der Waals surface area contributed by atoms with Gasteiger partial charge in [-0.3, -0.25) is 4.90 Å². The summed E-state index contributed by atoms with van der Waals surface area (Å²) in [5.74, 6) is 0.755. The highest BCUT2D eigenvalue weighted by Crippen LogP contribution is 2.28. The van der Waals surface area contributed by atoms with Crippen LogP contribution in [0.4, 0.5) is 0 Å². The van der Waals surface area contributed by atoms with E-state index < -0.39 is 12.1 Å². The van der Waals surface area contributed by atoms with Crippen LogP contribution < -0.4 is 4.74 Å². The molecule has 0 spiro atoms. The summed E-state index contributed by atoms with van der Waals surface area (Å²) >= 11 is 0. The van der Waals surface area contributed by atoms with Crippen LogP contribution >= 0.6 is 0 Å². The van der Waals surface area contributed by atoms with Crippen molar-refractivity contribution in [1.29, 1.82) is 5.26 Å². The van der Waals surface area contributed by atoms with Gasteiger partial charge in [-0.1, -0.05) is 42.5 Å². The lowest BCUT2D eigenvalue weighted by atomic mass is 9.99. The standard InChI is InChI=1S/C19H22N2O2/c1-14(19(22)16-7-5-4-6-8-16)21(2)18(13-20)15-9-11-17(23-3)12-10-15/h4-12,14,18-19,22H,1-3H3/t14-,18-,19+/m1/s1. The van der Waals surface area contributed by atoms with Gasteiger partial charge in [0.1, 0.15) is 11.8 Å². The summed E-state index contributed by atoms with van der Waals surface area (Å²) in [4.78, 5) is 1.89. The number of nitriles is 1. The lowest BCUT2D eigenvalue weighted by Crippen LogP contribution is -2.36. The first-order valence-electron chi connectivity index (χ1n) is 7.57. The van der Waals surface area contributed by atoms with Crippen molar-refractivity contribution in [1.82, 2.24) is 4.90 Å². The Morgan fingerprint density at radius 2 is 1.65 bits per heavy atom. The lowest BCUT2D eigenvalue weighted by molar-refractivity contribution is 0.0605. The van der Waals surface area contributed by atoms with Crippen LogP contribution in [0.15, 0.2) is 54.6 Å². The third-order valence-corrected chi connectivity index (χ3v) is 4.20. The average molecular weight is 310 g/mol. The highest BCUT2D eigenvalue weighted by Gasteiger charge is 2.27. The molecule has 120 valence electrons. The Kier molecular flexibility index (Phi) is 5.75. The summed E-state index contributed by atoms with van der Waals surface area (Å²) in [5, 5.41) is 20.1. The van der Waals surface area contributed by atoms with E-state index in [9.17, 15) is 10.4 Å². The molecule has 2 rings (SSSR count). The maximum atomic E-state index is 10.6. The molecule has 0 aliphatic rings. The van der Waals surface area contributed by atoms with Gasteiger partial charge in [-0.25, -0.2) is 0 Å². The Morgan fingerprint density at radius 3 is 2.17 bits per heavy atom. The number of hydrogen-bond acceptors (Lipinski definition) is 4. The number of rotatable bonds is 6. The predicted octanol–water partition coefficient (Wildman–Crippen LogP) is 3.31. The molecule has 23 heavy (non-hydrogen) atoms. The van der Waals surface area contributed by atoms with Crippen molar-refractivity contribution in [2.24, 2.45) is 0 Å². The van der Waals surface area contributed by atoms with Crippen molar-refractivity contribution in [3.63, 3.8) is 0 Å². The third kappa shape index (κ3) is 3.89. The fourth-order valence-corrected chi connectivity index (χ4v) is 2.57. The fourth-order valence-electron chi connectivity index (χ4n) is 2.57. The first-order chi connectivity index (χ1) is 11.1. The van der Waals surface area contributed by atoms with Crippen molar-refractivity contribution in [2.45, 2.75) is 25.1 Å². The van der Waals surface area contributed by atoms with Gasteiger partial charge < -0.3 is 9.84 Å². The van der Waals surface area contributed by atoms with Gasteiger partial charge in [-0.2, -0.15) is 5.26 Å². The summed E-state index contributed by atoms with van der Waals surface area (Å²) < 4.78 is 5.15. The van der Waals surface area contributed by atoms with Crippen LogP contribution in [0.3, 0.4) is 0 Å². The maximum absolute atomic E-state index is 10.6. The van der Waals surface area contributed by atoms with Crippen LogP contribution in [0.25, 0.3) is 0 Å². The molecular weight excluding hydrogens is 288 g/mol. The van der Waals surface area contributed by atoms with E-state index in [4.69, 9.17) is 4.74 Å². The van der Waals surface area contributed by atoms with Crippen LogP contribution in [0.1, 0.15) is 30.2 Å². The Balaban J connectivity index is 2.18. The third-order valence-electron chi connectivity index (χ3n) is 4.20. The number of methoxy groups -OCH3 is 1. The molecule has 0 fully saturated rings. The van der Waals surface area contributed by atoms with Crippen LogP contribution in [0.2, 0.25) is 0 Å². The van der Waals surface area contributed by atoms with Crippen molar-refractivity contribution in [3.8, 4) is 11.8 Å². The molecule has 0 unspecified atom stereocenters. The largest absolute Gasteiger partial charge is 0.497 e. The Labute approximate surface area is 137 Å². The summed E-state index contributed by atoms with van der Waals surface area (Å²) in [5.41, 5.74) is 1.72. The molecule has 0 bridgehead atoms. The molecule has 3 atom stereocenters. The smallest absolute Gasteiger partial charge is 0.123 e. The highest BCUT2D eigenvalue weighted by atomic mass is 16.5. The summed E-state index contributed by atoms with van der Waals surface area (Å²) in [7, 11) is 3.47. The van der Waals surface area contributed by atoms with E-state index in [0.717, 1.165) is 16.9 Å². The molecular formula is C19H22N2O2. The number of benzene rings is 2. The molecule has 0 saturated heterocycles. The SMILES string of the molecule is COc1ccc([C@@H](C#N)N(C)[C@H](C)[C@H](O)c2ccccc2)cc1. The quantitative estimate of drug-likeness (QED) is 0.889. The Hall–Kier alpha value is -2.35. The van der Waals surface area contributed by atoms with Crippen molar-refractivity contribution in [3.05, 3.63) is 65.7 Å². The normalized spacial score (nSPS) is 14.8. The Bertz CT molecular complexity index is 649. The second-order valence-electron chi connectivity index (χ2n) is 5.57. The molecule has 2 aromatic rings. The second kappa shape index (κ2) is 7.77. The van der Waals surface area contributed by atoms with Gasteiger partial charge in [0.15, 0.2) is 0 Å². The lowest BCUT2D eigenvalue weighted by Gasteiger charge is -2.32. The van der Waals surface area contributed by atoms with Crippen LogP contribution in [-0.2, 0) is 0 Å². The van der Waals surface area contributed by atoms with Crippen molar-refractivity contribution < 1.29 is 9.84 Å². The van der Waals surface area contributed by atoms with Crippen molar-refractivity contribution in [2.75, 3.05) is 14.2 Å². The monoisotopic (exact) mass is 310 g/mol. The minimum absolute atomic E-state index is 0.204. The van der Waals surface area contributed by atoms with Gasteiger partial charge in [0, 0.05) is 6.04 Å². The molecule has 0 heterocycles. The van der Waals surface area contributed by atoms with E-state index in [2.05, 4.69) is 6.07 Å². The number of likely N-dealkylation sites (N-methyl/N-ethyl adjacent to an activating group) is 1. The number of aliphatic hydroxyl groups excluding tert-OH is 1. The molecule has 0 aliphatic heterocycles. The zero-order chi connectivity index (χ0) is 16.8. The minimum Gasteiger partial charge on any atom is -0.497 e. The number of hydrogen-bond donors (Lipinski definition) is 1. The van der Waals surface area contributed by atoms with Gasteiger partial charge in [-0.05, 0) is 37.2 Å². The molecule has 2 aromatic carbocycles. The molecule has 0 aliphatic carbocycles. The van der Waals surface area contributed by atoms with E-state index in [1.165, 1.54) is 0 Å². The van der Waals surface area contributed by atoms with Crippen LogP contribution in [-0.4, -0.2) is 30.2 Å². The first kappa shape index (κ1) is 17.0. The van der Waals surface area contributed by atoms with Gasteiger partial charge in [-0.15, -0.1) is 0 Å².